The lowest BCUT2D eigenvalue weighted by Gasteiger charge is -2.42. The van der Waals surface area contributed by atoms with E-state index in [1.54, 1.807) is 38.1 Å². The maximum absolute atomic E-state index is 14.6. The fraction of sp³-hybridized carbons (Fsp3) is 0.457. The smallest absolute Gasteiger partial charge is 0.412 e. The molecule has 15 nitrogen and oxygen atoms in total. The number of methoxy groups -OCH3 is 2. The third-order valence-corrected chi connectivity index (χ3v) is 9.98. The van der Waals surface area contributed by atoms with Crippen LogP contribution in [0, 0.1) is 21.8 Å². The second kappa shape index (κ2) is 15.1. The SMILES string of the molecule is COc1cc2cc(c1Cl)N(C)C(=O)C[C@H](OC(=O)Nc1cc([N+](=O)[O-])ccc1F)[C@]1(C)O[C@H]1[C@H](C)[C@@H]1C[C@@](O)(NC(=O)O1)[C@H](OC)/C=C/C=C(\C)C2. The summed E-state index contributed by atoms with van der Waals surface area (Å²) >= 11 is 6.69. The van der Waals surface area contributed by atoms with Gasteiger partial charge in [0.05, 0.1) is 35.9 Å². The van der Waals surface area contributed by atoms with Crippen molar-refractivity contribution in [3.63, 3.8) is 0 Å². The topological polar surface area (TPSA) is 191 Å². The molecule has 3 heterocycles. The van der Waals surface area contributed by atoms with E-state index in [1.165, 1.54) is 26.2 Å². The molecule has 3 amide bonds. The molecule has 0 radical (unpaired) electrons. The van der Waals surface area contributed by atoms with Crippen molar-refractivity contribution in [2.45, 2.75) is 75.8 Å². The Hall–Kier alpha value is -4.77. The Morgan fingerprint density at radius 1 is 1.25 bits per heavy atom. The van der Waals surface area contributed by atoms with Gasteiger partial charge in [0.2, 0.25) is 5.91 Å². The van der Waals surface area contributed by atoms with Crippen LogP contribution >= 0.6 is 11.6 Å². The summed E-state index contributed by atoms with van der Waals surface area (Å²) in [5.41, 5.74) is -2.31. The minimum atomic E-state index is -1.88. The molecule has 17 heteroatoms. The van der Waals surface area contributed by atoms with Gasteiger partial charge in [0.15, 0.2) is 5.72 Å². The van der Waals surface area contributed by atoms with E-state index in [0.29, 0.717) is 17.9 Å². The molecule has 2 fully saturated rings. The summed E-state index contributed by atoms with van der Waals surface area (Å²) in [5, 5.41) is 27.7. The number of aliphatic hydroxyl groups is 1. The molecule has 0 spiro atoms. The molecule has 52 heavy (non-hydrogen) atoms. The molecule has 2 aromatic carbocycles. The predicted molar refractivity (Wildman–Crippen MR) is 186 cm³/mol. The first kappa shape index (κ1) is 38.5. The second-order valence-corrected chi connectivity index (χ2v) is 13.6. The Balaban J connectivity index is 1.54. The normalized spacial score (nSPS) is 30.8. The van der Waals surface area contributed by atoms with Gasteiger partial charge < -0.3 is 33.7 Å². The van der Waals surface area contributed by atoms with Crippen molar-refractivity contribution in [1.29, 1.82) is 0 Å². The van der Waals surface area contributed by atoms with Gasteiger partial charge in [-0.1, -0.05) is 42.3 Å². The lowest BCUT2D eigenvalue weighted by atomic mass is 9.83. The highest BCUT2D eigenvalue weighted by Crippen LogP contribution is 2.49. The number of nitro benzene ring substituents is 1. The van der Waals surface area contributed by atoms with Gasteiger partial charge in [-0.15, -0.1) is 0 Å². The number of nitrogens with zero attached hydrogens (tertiary/aromatic N) is 2. The van der Waals surface area contributed by atoms with Crippen LogP contribution in [0.25, 0.3) is 0 Å². The number of halogens is 2. The Kier molecular flexibility index (Phi) is 11.1. The van der Waals surface area contributed by atoms with Crippen LogP contribution in [0.2, 0.25) is 5.02 Å². The van der Waals surface area contributed by atoms with E-state index in [9.17, 15) is 34.0 Å². The molecular formula is C35H40ClFN4O11. The van der Waals surface area contributed by atoms with Gasteiger partial charge in [-0.3, -0.25) is 25.5 Å². The van der Waals surface area contributed by atoms with E-state index in [0.717, 1.165) is 29.3 Å². The van der Waals surface area contributed by atoms with Crippen LogP contribution in [0.4, 0.5) is 31.0 Å². The molecule has 3 aliphatic rings. The van der Waals surface area contributed by atoms with Crippen molar-refractivity contribution in [2.24, 2.45) is 5.92 Å². The van der Waals surface area contributed by atoms with Crippen molar-refractivity contribution < 1.29 is 52.5 Å². The summed E-state index contributed by atoms with van der Waals surface area (Å²) in [6.45, 7) is 5.19. The highest BCUT2D eigenvalue weighted by atomic mass is 35.5. The molecule has 3 N–H and O–H groups in total. The van der Waals surface area contributed by atoms with Crippen LogP contribution < -0.4 is 20.3 Å². The third kappa shape index (κ3) is 7.99. The molecule has 0 unspecified atom stereocenters. The number of non-ortho nitro benzene ring substituents is 1. The van der Waals surface area contributed by atoms with Crippen molar-refractivity contribution >= 4 is 46.8 Å². The fourth-order valence-electron chi connectivity index (χ4n) is 6.60. The monoisotopic (exact) mass is 746 g/mol. The summed E-state index contributed by atoms with van der Waals surface area (Å²) < 4.78 is 43.1. The summed E-state index contributed by atoms with van der Waals surface area (Å²) in [6.07, 6.45) is -1.19. The van der Waals surface area contributed by atoms with Crippen LogP contribution in [0.15, 0.2) is 54.1 Å². The number of fused-ring (bicyclic) bond motifs is 5. The van der Waals surface area contributed by atoms with Crippen molar-refractivity contribution in [3.8, 4) is 5.75 Å². The van der Waals surface area contributed by atoms with Crippen molar-refractivity contribution in [3.05, 3.63) is 80.7 Å². The quantitative estimate of drug-likeness (QED) is 0.201. The number of rotatable bonds is 5. The van der Waals surface area contributed by atoms with Gasteiger partial charge in [-0.25, -0.2) is 14.0 Å². The number of benzene rings is 2. The average Bonchev–Trinajstić information content (AvgIpc) is 3.78. The minimum Gasteiger partial charge on any atom is -0.495 e. The number of amides is 3. The number of nitro groups is 1. The highest BCUT2D eigenvalue weighted by Gasteiger charge is 2.64. The van der Waals surface area contributed by atoms with Crippen molar-refractivity contribution in [1.82, 2.24) is 5.32 Å². The summed E-state index contributed by atoms with van der Waals surface area (Å²) in [5.74, 6) is -1.83. The molecular weight excluding hydrogens is 707 g/mol. The molecule has 2 aromatic rings. The number of alkyl carbamates (subject to hydrolysis) is 1. The van der Waals surface area contributed by atoms with E-state index < -0.39 is 88.3 Å². The van der Waals surface area contributed by atoms with Crippen LogP contribution in [0.5, 0.6) is 5.75 Å². The van der Waals surface area contributed by atoms with Gasteiger partial charge in [0.25, 0.3) is 5.69 Å². The number of ether oxygens (including phenoxy) is 5. The molecule has 7 atom stereocenters. The number of hydrogen-bond donors (Lipinski definition) is 3. The van der Waals surface area contributed by atoms with Crippen molar-refractivity contribution in [2.75, 3.05) is 31.5 Å². The van der Waals surface area contributed by atoms with Crippen LogP contribution in [0.3, 0.4) is 0 Å². The molecule has 0 saturated carbocycles. The molecule has 5 rings (SSSR count). The Morgan fingerprint density at radius 3 is 2.65 bits per heavy atom. The van der Waals surface area contributed by atoms with E-state index >= 15 is 0 Å². The van der Waals surface area contributed by atoms with Crippen LogP contribution in [0.1, 0.15) is 39.2 Å². The maximum atomic E-state index is 14.6. The number of hydrogen-bond acceptors (Lipinski definition) is 11. The molecule has 3 aliphatic heterocycles. The molecule has 280 valence electrons. The van der Waals surface area contributed by atoms with E-state index in [1.807, 2.05) is 13.0 Å². The number of allylic oxidation sites excluding steroid dienone is 3. The van der Waals surface area contributed by atoms with E-state index in [2.05, 4.69) is 10.6 Å². The van der Waals surface area contributed by atoms with Crippen LogP contribution in [-0.4, -0.2) is 85.1 Å². The molecule has 0 aromatic heterocycles. The number of epoxide rings is 1. The van der Waals surface area contributed by atoms with E-state index in [-0.39, 0.29) is 11.4 Å². The van der Waals surface area contributed by atoms with Gasteiger partial charge in [-0.2, -0.15) is 0 Å². The zero-order valence-corrected chi connectivity index (χ0v) is 30.1. The average molecular weight is 747 g/mol. The second-order valence-electron chi connectivity index (χ2n) is 13.2. The van der Waals surface area contributed by atoms with Crippen LogP contribution in [-0.2, 0) is 30.2 Å². The summed E-state index contributed by atoms with van der Waals surface area (Å²) in [6, 6.07) is 6.05. The fourth-order valence-corrected chi connectivity index (χ4v) is 6.91. The highest BCUT2D eigenvalue weighted by molar-refractivity contribution is 6.35. The van der Waals surface area contributed by atoms with E-state index in [4.69, 9.17) is 35.3 Å². The number of carbonyl (C=O) groups excluding carboxylic acids is 3. The Bertz CT molecular complexity index is 1820. The lowest BCUT2D eigenvalue weighted by molar-refractivity contribution is -0.384. The number of anilines is 2. The van der Waals surface area contributed by atoms with Gasteiger partial charge in [-0.05, 0) is 44.0 Å². The van der Waals surface area contributed by atoms with Gasteiger partial charge in [0, 0.05) is 38.6 Å². The third-order valence-electron chi connectivity index (χ3n) is 9.60. The Labute approximate surface area is 303 Å². The molecule has 0 aliphatic carbocycles. The predicted octanol–water partition coefficient (Wildman–Crippen LogP) is 5.42. The summed E-state index contributed by atoms with van der Waals surface area (Å²) in [4.78, 5) is 51.8. The lowest BCUT2D eigenvalue weighted by Crippen LogP contribution is -2.63. The zero-order valence-electron chi connectivity index (χ0n) is 29.3. The first-order valence-electron chi connectivity index (χ1n) is 16.3. The zero-order chi connectivity index (χ0) is 38.1. The Morgan fingerprint density at radius 2 is 1.98 bits per heavy atom. The number of carbonyl (C=O) groups is 3. The molecule has 2 saturated heterocycles. The standard InChI is InChI=1S/C35H40ClFN4O11/c1-18-8-7-9-27(49-6)35(45)17-26(50-33(44)39-35)19(2)31-34(3,52-31)28(51-32(43)38-23-15-21(41(46)47)10-11-22(23)37)16-29(42)40(4)24-13-20(12-18)14-25(48-5)30(24)36/h7-11,13-15,19,26-28,31,45H,12,16-17H2,1-6H3,(H,38,43)(H,39,44)/b9-7+,18-8+/t19-,26+,27-,28+,31+,34+,35+/m1/s1. The van der Waals surface area contributed by atoms with Gasteiger partial charge in [0.1, 0.15) is 40.5 Å². The first-order chi connectivity index (χ1) is 24.5. The first-order valence-corrected chi connectivity index (χ1v) is 16.7. The number of nitrogens with one attached hydrogen (secondary N) is 2. The summed E-state index contributed by atoms with van der Waals surface area (Å²) in [7, 11) is 4.32. The minimum absolute atomic E-state index is 0.120. The maximum Gasteiger partial charge on any atom is 0.412 e. The largest absolute Gasteiger partial charge is 0.495 e. The molecule has 4 bridgehead atoms. The van der Waals surface area contributed by atoms with Gasteiger partial charge >= 0.3 is 12.2 Å².